The molecule has 0 fully saturated rings. The molecule has 5 rings (SSSR count). The second-order valence-corrected chi connectivity index (χ2v) is 8.33. The van der Waals surface area contributed by atoms with Crippen LogP contribution in [-0.2, 0) is 17.9 Å². The third kappa shape index (κ3) is 4.14. The molecule has 0 atom stereocenters. The molecule has 0 N–H and O–H groups in total. The molecule has 2 aromatic carbocycles. The van der Waals surface area contributed by atoms with Gasteiger partial charge < -0.3 is 14.4 Å². The second-order valence-electron chi connectivity index (χ2n) is 8.33. The number of para-hydroxylation sites is 1. The van der Waals surface area contributed by atoms with Crippen molar-refractivity contribution < 1.29 is 14.3 Å². The van der Waals surface area contributed by atoms with Gasteiger partial charge in [-0.2, -0.15) is 5.10 Å². The highest BCUT2D eigenvalue weighted by molar-refractivity contribution is 5.84. The Kier molecular flexibility index (Phi) is 5.46. The SMILES string of the molecule is COc1cc(-c2cnc3ccccc3c2)cc2c1OCCN(C(=O)Cn1nc(C)cc1C)C2. The van der Waals surface area contributed by atoms with Gasteiger partial charge in [0, 0.05) is 34.9 Å². The molecule has 0 bridgehead atoms. The lowest BCUT2D eigenvalue weighted by Gasteiger charge is -2.20. The van der Waals surface area contributed by atoms with E-state index in [1.165, 1.54) is 0 Å². The summed E-state index contributed by atoms with van der Waals surface area (Å²) in [5.41, 5.74) is 5.70. The zero-order valence-corrected chi connectivity index (χ0v) is 19.0. The van der Waals surface area contributed by atoms with Crippen LogP contribution in [-0.4, -0.2) is 45.8 Å². The summed E-state index contributed by atoms with van der Waals surface area (Å²) in [6.45, 7) is 5.45. The molecule has 0 spiro atoms. The standard InChI is InChI=1S/C26H26N4O3/c1-17-10-18(2)30(28-17)16-25(31)29-8-9-33-26-22(15-29)12-20(13-24(26)32-3)21-11-19-6-4-5-7-23(19)27-14-21/h4-7,10-14H,8-9,15-16H2,1-3H3. The van der Waals surface area contributed by atoms with Crippen LogP contribution in [0.25, 0.3) is 22.0 Å². The van der Waals surface area contributed by atoms with Crippen molar-refractivity contribution in [3.63, 3.8) is 0 Å². The van der Waals surface area contributed by atoms with Crippen molar-refractivity contribution in [2.75, 3.05) is 20.3 Å². The summed E-state index contributed by atoms with van der Waals surface area (Å²) in [4.78, 5) is 19.5. The number of rotatable bonds is 4. The number of carbonyl (C=O) groups is 1. The van der Waals surface area contributed by atoms with Gasteiger partial charge in [0.2, 0.25) is 5.91 Å². The third-order valence-corrected chi connectivity index (χ3v) is 5.99. The number of methoxy groups -OCH3 is 1. The van der Waals surface area contributed by atoms with Crippen molar-refractivity contribution in [1.29, 1.82) is 0 Å². The van der Waals surface area contributed by atoms with Crippen molar-refractivity contribution >= 4 is 16.8 Å². The molecular weight excluding hydrogens is 416 g/mol. The second kappa shape index (κ2) is 8.58. The topological polar surface area (TPSA) is 69.5 Å². The minimum absolute atomic E-state index is 0.00870. The van der Waals surface area contributed by atoms with E-state index < -0.39 is 0 Å². The van der Waals surface area contributed by atoms with Gasteiger partial charge in [-0.3, -0.25) is 14.5 Å². The predicted octanol–water partition coefficient (Wildman–Crippen LogP) is 4.14. The molecule has 0 aliphatic carbocycles. The van der Waals surface area contributed by atoms with E-state index in [0.29, 0.717) is 31.2 Å². The van der Waals surface area contributed by atoms with E-state index >= 15 is 0 Å². The summed E-state index contributed by atoms with van der Waals surface area (Å²) in [6, 6.07) is 16.2. The van der Waals surface area contributed by atoms with Crippen LogP contribution in [0.15, 0.2) is 54.7 Å². The van der Waals surface area contributed by atoms with Crippen LogP contribution < -0.4 is 9.47 Å². The molecule has 1 amide bonds. The van der Waals surface area contributed by atoms with Crippen LogP contribution in [0.3, 0.4) is 0 Å². The van der Waals surface area contributed by atoms with Gasteiger partial charge in [0.05, 0.1) is 24.9 Å². The Labute approximate surface area is 192 Å². The Bertz CT molecular complexity index is 1340. The van der Waals surface area contributed by atoms with E-state index in [4.69, 9.17) is 9.47 Å². The van der Waals surface area contributed by atoms with Crippen LogP contribution in [0.1, 0.15) is 17.0 Å². The quantitative estimate of drug-likeness (QED) is 0.475. The first kappa shape index (κ1) is 21.0. The van der Waals surface area contributed by atoms with Crippen molar-refractivity contribution in [3.05, 3.63) is 71.7 Å². The largest absolute Gasteiger partial charge is 0.493 e. The number of nitrogens with zero attached hydrogens (tertiary/aromatic N) is 4. The van der Waals surface area contributed by atoms with E-state index in [-0.39, 0.29) is 12.5 Å². The lowest BCUT2D eigenvalue weighted by molar-refractivity contribution is -0.132. The number of benzene rings is 2. The number of ether oxygens (including phenoxy) is 2. The van der Waals surface area contributed by atoms with E-state index in [0.717, 1.165) is 39.0 Å². The molecule has 0 radical (unpaired) electrons. The fourth-order valence-electron chi connectivity index (χ4n) is 4.31. The molecule has 7 heteroatoms. The highest BCUT2D eigenvalue weighted by Gasteiger charge is 2.24. The Morgan fingerprint density at radius 3 is 2.76 bits per heavy atom. The van der Waals surface area contributed by atoms with E-state index in [2.05, 4.69) is 28.3 Å². The molecule has 1 aliphatic heterocycles. The Balaban J connectivity index is 1.48. The molecule has 7 nitrogen and oxygen atoms in total. The number of amides is 1. The van der Waals surface area contributed by atoms with Crippen LogP contribution >= 0.6 is 0 Å². The molecule has 1 aliphatic rings. The number of aromatic nitrogens is 3. The van der Waals surface area contributed by atoms with Crippen molar-refractivity contribution in [2.45, 2.75) is 26.9 Å². The van der Waals surface area contributed by atoms with Gasteiger partial charge in [-0.25, -0.2) is 0 Å². The summed E-state index contributed by atoms with van der Waals surface area (Å²) < 4.78 is 13.4. The molecule has 0 unspecified atom stereocenters. The highest BCUT2D eigenvalue weighted by atomic mass is 16.5. The van der Waals surface area contributed by atoms with Gasteiger partial charge in [-0.15, -0.1) is 0 Å². The number of carbonyl (C=O) groups excluding carboxylic acids is 1. The molecule has 33 heavy (non-hydrogen) atoms. The Morgan fingerprint density at radius 2 is 1.97 bits per heavy atom. The van der Waals surface area contributed by atoms with Gasteiger partial charge in [-0.1, -0.05) is 18.2 Å². The fraction of sp³-hybridized carbons (Fsp3) is 0.269. The first-order valence-electron chi connectivity index (χ1n) is 11.0. The molecule has 4 aromatic rings. The number of aryl methyl sites for hydroxylation is 2. The first-order chi connectivity index (χ1) is 16.0. The maximum absolute atomic E-state index is 13.1. The molecule has 0 saturated heterocycles. The number of fused-ring (bicyclic) bond motifs is 2. The average Bonchev–Trinajstić information content (AvgIpc) is 3.00. The predicted molar refractivity (Wildman–Crippen MR) is 126 cm³/mol. The third-order valence-electron chi connectivity index (χ3n) is 5.99. The monoisotopic (exact) mass is 442 g/mol. The summed E-state index contributed by atoms with van der Waals surface area (Å²) in [5, 5.41) is 5.50. The molecule has 2 aromatic heterocycles. The fourth-order valence-corrected chi connectivity index (χ4v) is 4.31. The van der Waals surface area contributed by atoms with Gasteiger partial charge in [0.1, 0.15) is 13.2 Å². The normalized spacial score (nSPS) is 13.4. The summed E-state index contributed by atoms with van der Waals surface area (Å²) in [7, 11) is 1.64. The smallest absolute Gasteiger partial charge is 0.244 e. The first-order valence-corrected chi connectivity index (χ1v) is 11.0. The van der Waals surface area contributed by atoms with Gasteiger partial charge >= 0.3 is 0 Å². The number of hydrogen-bond acceptors (Lipinski definition) is 5. The molecule has 0 saturated carbocycles. The van der Waals surface area contributed by atoms with Crippen molar-refractivity contribution in [3.8, 4) is 22.6 Å². The van der Waals surface area contributed by atoms with E-state index in [1.54, 1.807) is 11.8 Å². The average molecular weight is 443 g/mol. The lowest BCUT2D eigenvalue weighted by Crippen LogP contribution is -2.35. The maximum Gasteiger partial charge on any atom is 0.244 e. The van der Waals surface area contributed by atoms with Crippen molar-refractivity contribution in [2.24, 2.45) is 0 Å². The van der Waals surface area contributed by atoms with Gasteiger partial charge in [0.15, 0.2) is 11.5 Å². The Morgan fingerprint density at radius 1 is 1.12 bits per heavy atom. The van der Waals surface area contributed by atoms with E-state index in [1.807, 2.05) is 55.3 Å². The van der Waals surface area contributed by atoms with Crippen LogP contribution in [0.5, 0.6) is 11.5 Å². The van der Waals surface area contributed by atoms with Crippen LogP contribution in [0.4, 0.5) is 0 Å². The van der Waals surface area contributed by atoms with Crippen LogP contribution in [0.2, 0.25) is 0 Å². The Hall–Kier alpha value is -3.87. The van der Waals surface area contributed by atoms with Gasteiger partial charge in [-0.05, 0) is 49.7 Å². The summed E-state index contributed by atoms with van der Waals surface area (Å²) >= 11 is 0. The summed E-state index contributed by atoms with van der Waals surface area (Å²) in [6.07, 6.45) is 1.87. The number of pyridine rings is 1. The highest BCUT2D eigenvalue weighted by Crippen LogP contribution is 2.38. The molecule has 168 valence electrons. The van der Waals surface area contributed by atoms with Gasteiger partial charge in [0.25, 0.3) is 0 Å². The molecular formula is C26H26N4O3. The van der Waals surface area contributed by atoms with E-state index in [9.17, 15) is 4.79 Å². The zero-order valence-electron chi connectivity index (χ0n) is 19.0. The lowest BCUT2D eigenvalue weighted by atomic mass is 10.0. The van der Waals surface area contributed by atoms with Crippen molar-refractivity contribution in [1.82, 2.24) is 19.7 Å². The summed E-state index contributed by atoms with van der Waals surface area (Å²) in [5.74, 6) is 1.36. The van der Waals surface area contributed by atoms with Crippen LogP contribution in [0, 0.1) is 13.8 Å². The molecule has 3 heterocycles. The minimum atomic E-state index is 0.00870. The maximum atomic E-state index is 13.1. The number of hydrogen-bond donors (Lipinski definition) is 0. The zero-order chi connectivity index (χ0) is 22.9. The minimum Gasteiger partial charge on any atom is -0.493 e.